The Morgan fingerprint density at radius 3 is 2.18 bits per heavy atom. The van der Waals surface area contributed by atoms with E-state index in [0.717, 1.165) is 4.90 Å². The maximum absolute atomic E-state index is 4.68. The summed E-state index contributed by atoms with van der Waals surface area (Å²) < 4.78 is 0. The van der Waals surface area contributed by atoms with Gasteiger partial charge < -0.3 is 0 Å². The van der Waals surface area contributed by atoms with Gasteiger partial charge in [0.1, 0.15) is 0 Å². The Labute approximate surface area is 106 Å². The third-order valence-corrected chi connectivity index (χ3v) is 3.47. The van der Waals surface area contributed by atoms with Crippen molar-refractivity contribution in [2.24, 2.45) is 0 Å². The minimum absolute atomic E-state index is 1.05. The van der Waals surface area contributed by atoms with Crippen molar-refractivity contribution in [2.75, 3.05) is 0 Å². The molecule has 3 aromatic rings. The van der Waals surface area contributed by atoms with Gasteiger partial charge >= 0.3 is 0 Å². The van der Waals surface area contributed by atoms with E-state index in [1.54, 1.807) is 0 Å². The normalized spacial score (nSPS) is 10.6. The standard InChI is InChI=1S/C16H12S/c17-16-14-9-5-4-8-13(14)10-11-15(16)12-6-2-1-3-7-12/h1-11,17H. The highest BCUT2D eigenvalue weighted by molar-refractivity contribution is 7.80. The van der Waals surface area contributed by atoms with Crippen LogP contribution in [0.25, 0.3) is 21.9 Å². The van der Waals surface area contributed by atoms with Crippen LogP contribution in [0.5, 0.6) is 0 Å². The maximum atomic E-state index is 4.68. The van der Waals surface area contributed by atoms with Gasteiger partial charge in [0.05, 0.1) is 0 Å². The van der Waals surface area contributed by atoms with E-state index in [-0.39, 0.29) is 0 Å². The van der Waals surface area contributed by atoms with Crippen LogP contribution < -0.4 is 0 Å². The van der Waals surface area contributed by atoms with E-state index in [2.05, 4.69) is 73.3 Å². The minimum Gasteiger partial charge on any atom is -0.142 e. The highest BCUT2D eigenvalue weighted by Gasteiger charge is 2.05. The zero-order chi connectivity index (χ0) is 11.7. The second-order valence-electron chi connectivity index (χ2n) is 4.05. The summed E-state index contributed by atoms with van der Waals surface area (Å²) in [5, 5.41) is 2.44. The monoisotopic (exact) mass is 236 g/mol. The van der Waals surface area contributed by atoms with Crippen LogP contribution in [0.1, 0.15) is 0 Å². The molecule has 0 bridgehead atoms. The van der Waals surface area contributed by atoms with Crippen LogP contribution >= 0.6 is 12.6 Å². The quantitative estimate of drug-likeness (QED) is 0.577. The molecule has 0 aromatic heterocycles. The molecule has 0 radical (unpaired) electrons. The lowest BCUT2D eigenvalue weighted by atomic mass is 10.0. The molecule has 0 N–H and O–H groups in total. The van der Waals surface area contributed by atoms with Crippen molar-refractivity contribution in [1.82, 2.24) is 0 Å². The molecule has 0 unspecified atom stereocenters. The predicted molar refractivity (Wildman–Crippen MR) is 76.6 cm³/mol. The Kier molecular flexibility index (Phi) is 2.62. The van der Waals surface area contributed by atoms with Gasteiger partial charge in [-0.1, -0.05) is 66.7 Å². The number of rotatable bonds is 1. The Bertz CT molecular complexity index is 657. The molecule has 0 spiro atoms. The van der Waals surface area contributed by atoms with Crippen molar-refractivity contribution in [3.05, 3.63) is 66.7 Å². The summed E-state index contributed by atoms with van der Waals surface area (Å²) in [6, 6.07) is 23.0. The molecule has 82 valence electrons. The van der Waals surface area contributed by atoms with Crippen molar-refractivity contribution in [2.45, 2.75) is 4.90 Å². The van der Waals surface area contributed by atoms with E-state index in [1.165, 1.54) is 21.9 Å². The van der Waals surface area contributed by atoms with E-state index in [4.69, 9.17) is 0 Å². The van der Waals surface area contributed by atoms with Gasteiger partial charge in [-0.25, -0.2) is 0 Å². The first-order valence-electron chi connectivity index (χ1n) is 5.62. The van der Waals surface area contributed by atoms with Crippen LogP contribution in [0, 0.1) is 0 Å². The van der Waals surface area contributed by atoms with Crippen molar-refractivity contribution in [1.29, 1.82) is 0 Å². The molecule has 0 aliphatic carbocycles. The van der Waals surface area contributed by atoms with E-state index in [0.29, 0.717) is 0 Å². The second kappa shape index (κ2) is 4.27. The summed E-state index contributed by atoms with van der Waals surface area (Å²) >= 11 is 4.68. The summed E-state index contributed by atoms with van der Waals surface area (Å²) in [5.41, 5.74) is 2.40. The minimum atomic E-state index is 1.05. The fraction of sp³-hybridized carbons (Fsp3) is 0. The summed E-state index contributed by atoms with van der Waals surface area (Å²) in [7, 11) is 0. The van der Waals surface area contributed by atoms with Gasteiger partial charge in [-0.15, -0.1) is 12.6 Å². The SMILES string of the molecule is Sc1c(-c2ccccc2)ccc2ccccc12. The van der Waals surface area contributed by atoms with Gasteiger partial charge in [0, 0.05) is 4.90 Å². The zero-order valence-corrected chi connectivity index (χ0v) is 10.2. The second-order valence-corrected chi connectivity index (χ2v) is 4.50. The van der Waals surface area contributed by atoms with E-state index in [1.807, 2.05) is 6.07 Å². The highest BCUT2D eigenvalue weighted by atomic mass is 32.1. The average Bonchev–Trinajstić information content (AvgIpc) is 2.40. The Morgan fingerprint density at radius 1 is 0.647 bits per heavy atom. The van der Waals surface area contributed by atoms with Crippen LogP contribution in [0.4, 0.5) is 0 Å². The molecule has 0 saturated carbocycles. The van der Waals surface area contributed by atoms with E-state index < -0.39 is 0 Å². The molecule has 0 fully saturated rings. The van der Waals surface area contributed by atoms with Crippen LogP contribution in [-0.2, 0) is 0 Å². The molecular formula is C16H12S. The third kappa shape index (κ3) is 1.83. The summed E-state index contributed by atoms with van der Waals surface area (Å²) in [5.74, 6) is 0. The largest absolute Gasteiger partial charge is 0.142 e. The lowest BCUT2D eigenvalue weighted by Crippen LogP contribution is -1.82. The smallest absolute Gasteiger partial charge is 0.0197 e. The number of hydrogen-bond acceptors (Lipinski definition) is 1. The highest BCUT2D eigenvalue weighted by Crippen LogP contribution is 2.32. The summed E-state index contributed by atoms with van der Waals surface area (Å²) in [6.45, 7) is 0. The van der Waals surface area contributed by atoms with Crippen LogP contribution in [0.2, 0.25) is 0 Å². The van der Waals surface area contributed by atoms with Crippen molar-refractivity contribution < 1.29 is 0 Å². The zero-order valence-electron chi connectivity index (χ0n) is 9.30. The first-order chi connectivity index (χ1) is 8.36. The summed E-state index contributed by atoms with van der Waals surface area (Å²) in [6.07, 6.45) is 0. The molecule has 3 aromatic carbocycles. The van der Waals surface area contributed by atoms with Gasteiger partial charge in [0.25, 0.3) is 0 Å². The average molecular weight is 236 g/mol. The van der Waals surface area contributed by atoms with Gasteiger partial charge in [-0.3, -0.25) is 0 Å². The first kappa shape index (κ1) is 10.4. The first-order valence-corrected chi connectivity index (χ1v) is 6.07. The molecule has 17 heavy (non-hydrogen) atoms. The third-order valence-electron chi connectivity index (χ3n) is 2.99. The molecule has 0 atom stereocenters. The fourth-order valence-electron chi connectivity index (χ4n) is 2.11. The van der Waals surface area contributed by atoms with Gasteiger partial charge in [0.15, 0.2) is 0 Å². The van der Waals surface area contributed by atoms with Gasteiger partial charge in [-0.2, -0.15) is 0 Å². The Balaban J connectivity index is 2.29. The van der Waals surface area contributed by atoms with Crippen LogP contribution in [0.15, 0.2) is 71.6 Å². The Hall–Kier alpha value is -1.73. The van der Waals surface area contributed by atoms with Gasteiger partial charge in [-0.05, 0) is 21.9 Å². The van der Waals surface area contributed by atoms with Gasteiger partial charge in [0.2, 0.25) is 0 Å². The molecule has 0 aliphatic rings. The lowest BCUT2D eigenvalue weighted by Gasteiger charge is -2.08. The predicted octanol–water partition coefficient (Wildman–Crippen LogP) is 4.80. The van der Waals surface area contributed by atoms with Crippen molar-refractivity contribution in [3.63, 3.8) is 0 Å². The van der Waals surface area contributed by atoms with E-state index >= 15 is 0 Å². The molecule has 0 amide bonds. The summed E-state index contributed by atoms with van der Waals surface area (Å²) in [4.78, 5) is 1.05. The number of fused-ring (bicyclic) bond motifs is 1. The topological polar surface area (TPSA) is 0 Å². The molecule has 0 heterocycles. The molecule has 1 heteroatoms. The van der Waals surface area contributed by atoms with Crippen LogP contribution in [-0.4, -0.2) is 0 Å². The fourth-order valence-corrected chi connectivity index (χ4v) is 2.51. The molecule has 0 nitrogen and oxygen atoms in total. The van der Waals surface area contributed by atoms with Crippen molar-refractivity contribution >= 4 is 23.4 Å². The number of thiol groups is 1. The van der Waals surface area contributed by atoms with E-state index in [9.17, 15) is 0 Å². The number of benzene rings is 3. The van der Waals surface area contributed by atoms with Crippen molar-refractivity contribution in [3.8, 4) is 11.1 Å². The van der Waals surface area contributed by atoms with Crippen LogP contribution in [0.3, 0.4) is 0 Å². The molecule has 0 aliphatic heterocycles. The molecular weight excluding hydrogens is 224 g/mol. The lowest BCUT2D eigenvalue weighted by molar-refractivity contribution is 1.52. The number of hydrogen-bond donors (Lipinski definition) is 1. The maximum Gasteiger partial charge on any atom is 0.0197 e. The molecule has 0 saturated heterocycles. The molecule has 3 rings (SSSR count). The Morgan fingerprint density at radius 2 is 1.35 bits per heavy atom.